The predicted octanol–water partition coefficient (Wildman–Crippen LogP) is 1.40. The number of primary amides is 1. The van der Waals surface area contributed by atoms with Crippen LogP contribution in [0.2, 0.25) is 0 Å². The highest BCUT2D eigenvalue weighted by molar-refractivity contribution is 7.80. The Morgan fingerprint density at radius 2 is 2.11 bits per heavy atom. The van der Waals surface area contributed by atoms with Crippen LogP contribution in [0.4, 0.5) is 0 Å². The molecule has 0 spiro atoms. The topological polar surface area (TPSA) is 58.4 Å². The number of nitrogens with one attached hydrogen (secondary N) is 1. The lowest BCUT2D eigenvalue weighted by Gasteiger charge is -2.35. The smallest absolute Gasteiger partial charge is 0.240 e. The highest BCUT2D eigenvalue weighted by Crippen LogP contribution is 2.17. The Morgan fingerprint density at radius 1 is 1.37 bits per heavy atom. The highest BCUT2D eigenvalue weighted by atomic mass is 32.1. The molecule has 0 aromatic heterocycles. The molecule has 0 aliphatic carbocycles. The molecule has 0 bridgehead atoms. The highest BCUT2D eigenvalue weighted by Gasteiger charge is 2.28. The van der Waals surface area contributed by atoms with E-state index in [1.807, 2.05) is 35.2 Å². The van der Waals surface area contributed by atoms with E-state index in [1.54, 1.807) is 0 Å². The predicted molar refractivity (Wildman–Crippen MR) is 79.4 cm³/mol. The second-order valence-corrected chi connectivity index (χ2v) is 5.14. The monoisotopic (exact) mass is 277 g/mol. The summed E-state index contributed by atoms with van der Waals surface area (Å²) in [7, 11) is 0. The average Bonchev–Trinajstić information content (AvgIpc) is 2.46. The summed E-state index contributed by atoms with van der Waals surface area (Å²) in [4.78, 5) is 13.4. The van der Waals surface area contributed by atoms with Crippen LogP contribution in [0.1, 0.15) is 24.8 Å². The Hall–Kier alpha value is -1.62. The molecule has 5 heteroatoms. The third-order valence-electron chi connectivity index (χ3n) is 3.38. The average molecular weight is 277 g/mol. The maximum absolute atomic E-state index is 11.4. The molecule has 1 aromatic carbocycles. The summed E-state index contributed by atoms with van der Waals surface area (Å²) in [5.74, 6) is -0.288. The van der Waals surface area contributed by atoms with Gasteiger partial charge in [-0.25, -0.2) is 0 Å². The van der Waals surface area contributed by atoms with Gasteiger partial charge in [-0.15, -0.1) is 0 Å². The Morgan fingerprint density at radius 3 is 2.79 bits per heavy atom. The Labute approximate surface area is 119 Å². The summed E-state index contributed by atoms with van der Waals surface area (Å²) >= 11 is 5.38. The second kappa shape index (κ2) is 6.52. The van der Waals surface area contributed by atoms with Crippen molar-refractivity contribution in [3.05, 3.63) is 35.9 Å². The minimum atomic E-state index is -0.288. The fourth-order valence-corrected chi connectivity index (χ4v) is 2.64. The molecule has 1 atom stereocenters. The SMILES string of the molecule is NC(=O)[C@@H]1CCCCN1C(=S)NCc1ccccc1. The van der Waals surface area contributed by atoms with Gasteiger partial charge in [0.05, 0.1) is 0 Å². The molecule has 102 valence electrons. The Balaban J connectivity index is 1.93. The van der Waals surface area contributed by atoms with Crippen LogP contribution in [0.15, 0.2) is 30.3 Å². The molecule has 4 nitrogen and oxygen atoms in total. The number of thiocarbonyl (C=S) groups is 1. The van der Waals surface area contributed by atoms with Crippen molar-refractivity contribution in [2.24, 2.45) is 5.73 Å². The lowest BCUT2D eigenvalue weighted by Crippen LogP contribution is -2.53. The van der Waals surface area contributed by atoms with Gasteiger partial charge in [0.2, 0.25) is 5.91 Å². The zero-order chi connectivity index (χ0) is 13.7. The fourth-order valence-electron chi connectivity index (χ4n) is 2.35. The van der Waals surface area contributed by atoms with Crippen LogP contribution in [0.25, 0.3) is 0 Å². The van der Waals surface area contributed by atoms with Gasteiger partial charge >= 0.3 is 0 Å². The van der Waals surface area contributed by atoms with Gasteiger partial charge < -0.3 is 16.0 Å². The number of benzene rings is 1. The van der Waals surface area contributed by atoms with Gasteiger partial charge in [-0.05, 0) is 37.0 Å². The van der Waals surface area contributed by atoms with Crippen LogP contribution in [-0.4, -0.2) is 28.5 Å². The summed E-state index contributed by atoms with van der Waals surface area (Å²) in [5, 5.41) is 3.82. The number of amides is 1. The molecule has 1 aliphatic rings. The van der Waals surface area contributed by atoms with E-state index in [0.29, 0.717) is 11.7 Å². The molecule has 0 saturated carbocycles. The summed E-state index contributed by atoms with van der Waals surface area (Å²) in [6, 6.07) is 9.79. The Bertz CT molecular complexity index is 449. The molecule has 3 N–H and O–H groups in total. The zero-order valence-electron chi connectivity index (χ0n) is 10.8. The van der Waals surface area contributed by atoms with E-state index >= 15 is 0 Å². The number of carbonyl (C=O) groups is 1. The van der Waals surface area contributed by atoms with Gasteiger partial charge in [-0.2, -0.15) is 0 Å². The number of hydrogen-bond donors (Lipinski definition) is 2. The van der Waals surface area contributed by atoms with Crippen molar-refractivity contribution in [1.82, 2.24) is 10.2 Å². The third-order valence-corrected chi connectivity index (χ3v) is 3.76. The third kappa shape index (κ3) is 3.67. The lowest BCUT2D eigenvalue weighted by atomic mass is 10.0. The van der Waals surface area contributed by atoms with E-state index in [-0.39, 0.29) is 11.9 Å². The number of likely N-dealkylation sites (tertiary alicyclic amines) is 1. The first-order valence-corrected chi connectivity index (χ1v) is 6.97. The number of piperidine rings is 1. The molecule has 1 fully saturated rings. The minimum Gasteiger partial charge on any atom is -0.368 e. The van der Waals surface area contributed by atoms with E-state index in [2.05, 4.69) is 5.32 Å². The van der Waals surface area contributed by atoms with Gasteiger partial charge in [0.25, 0.3) is 0 Å². The number of carbonyl (C=O) groups excluding carboxylic acids is 1. The molecule has 1 aliphatic heterocycles. The van der Waals surface area contributed by atoms with Gasteiger partial charge in [0.1, 0.15) is 6.04 Å². The molecular weight excluding hydrogens is 258 g/mol. The molecular formula is C14H19N3OS. The van der Waals surface area contributed by atoms with E-state index in [9.17, 15) is 4.79 Å². The number of nitrogens with two attached hydrogens (primary N) is 1. The van der Waals surface area contributed by atoms with Crippen molar-refractivity contribution in [2.45, 2.75) is 31.8 Å². The largest absolute Gasteiger partial charge is 0.368 e. The lowest BCUT2D eigenvalue weighted by molar-refractivity contribution is -0.122. The first kappa shape index (κ1) is 13.8. The van der Waals surface area contributed by atoms with E-state index in [0.717, 1.165) is 31.4 Å². The molecule has 2 rings (SSSR count). The zero-order valence-corrected chi connectivity index (χ0v) is 11.7. The van der Waals surface area contributed by atoms with Gasteiger partial charge in [0.15, 0.2) is 5.11 Å². The number of rotatable bonds is 3. The van der Waals surface area contributed by atoms with Crippen molar-refractivity contribution in [3.8, 4) is 0 Å². The van der Waals surface area contributed by atoms with Crippen molar-refractivity contribution < 1.29 is 4.79 Å². The fraction of sp³-hybridized carbons (Fsp3) is 0.429. The summed E-state index contributed by atoms with van der Waals surface area (Å²) < 4.78 is 0. The Kier molecular flexibility index (Phi) is 4.74. The summed E-state index contributed by atoms with van der Waals surface area (Å²) in [5.41, 5.74) is 6.60. The van der Waals surface area contributed by atoms with Gasteiger partial charge in [-0.1, -0.05) is 30.3 Å². The molecule has 19 heavy (non-hydrogen) atoms. The first-order chi connectivity index (χ1) is 9.18. The number of nitrogens with zero attached hydrogens (tertiary/aromatic N) is 1. The van der Waals surface area contributed by atoms with E-state index < -0.39 is 0 Å². The quantitative estimate of drug-likeness (QED) is 0.820. The maximum Gasteiger partial charge on any atom is 0.240 e. The number of hydrogen-bond acceptors (Lipinski definition) is 2. The van der Waals surface area contributed by atoms with Crippen molar-refractivity contribution in [3.63, 3.8) is 0 Å². The van der Waals surface area contributed by atoms with Crippen LogP contribution < -0.4 is 11.1 Å². The maximum atomic E-state index is 11.4. The van der Waals surface area contributed by atoms with Crippen LogP contribution in [0.5, 0.6) is 0 Å². The molecule has 1 aromatic rings. The van der Waals surface area contributed by atoms with Crippen LogP contribution in [0, 0.1) is 0 Å². The van der Waals surface area contributed by atoms with Crippen LogP contribution in [0.3, 0.4) is 0 Å². The van der Waals surface area contributed by atoms with Crippen LogP contribution in [-0.2, 0) is 11.3 Å². The molecule has 1 saturated heterocycles. The van der Waals surface area contributed by atoms with Gasteiger partial charge in [-0.3, -0.25) is 4.79 Å². The molecule has 0 unspecified atom stereocenters. The van der Waals surface area contributed by atoms with Crippen molar-refractivity contribution in [2.75, 3.05) is 6.54 Å². The van der Waals surface area contributed by atoms with Crippen molar-refractivity contribution in [1.29, 1.82) is 0 Å². The van der Waals surface area contributed by atoms with Crippen LogP contribution >= 0.6 is 12.2 Å². The minimum absolute atomic E-state index is 0.260. The van der Waals surface area contributed by atoms with Gasteiger partial charge in [0, 0.05) is 13.1 Å². The normalized spacial score (nSPS) is 18.9. The molecule has 0 radical (unpaired) electrons. The van der Waals surface area contributed by atoms with Crippen molar-refractivity contribution >= 4 is 23.2 Å². The standard InChI is InChI=1S/C14H19N3OS/c15-13(18)12-8-4-5-9-17(12)14(19)16-10-11-6-2-1-3-7-11/h1-3,6-7,12H,4-5,8-10H2,(H2,15,18)(H,16,19)/t12-/m0/s1. The summed E-state index contributed by atoms with van der Waals surface area (Å²) in [6.07, 6.45) is 2.88. The second-order valence-electron chi connectivity index (χ2n) is 4.75. The molecule has 1 amide bonds. The van der Waals surface area contributed by atoms with E-state index in [1.165, 1.54) is 0 Å². The molecule has 1 heterocycles. The summed E-state index contributed by atoms with van der Waals surface area (Å²) in [6.45, 7) is 1.47. The first-order valence-electron chi connectivity index (χ1n) is 6.56. The van der Waals surface area contributed by atoms with E-state index in [4.69, 9.17) is 18.0 Å².